The summed E-state index contributed by atoms with van der Waals surface area (Å²) in [4.78, 5) is 12.8. The van der Waals surface area contributed by atoms with E-state index in [0.717, 1.165) is 29.0 Å². The summed E-state index contributed by atoms with van der Waals surface area (Å²) < 4.78 is 71.7. The molecule has 1 fully saturated rings. The summed E-state index contributed by atoms with van der Waals surface area (Å²) >= 11 is 6.83. The molecule has 0 aliphatic carbocycles. The molecule has 36 heavy (non-hydrogen) atoms. The van der Waals surface area contributed by atoms with Crippen LogP contribution < -0.4 is 10.1 Å². The largest absolute Gasteiger partial charge is 0.489 e. The Kier molecular flexibility index (Phi) is 7.93. The summed E-state index contributed by atoms with van der Waals surface area (Å²) in [7, 11) is -3.81. The van der Waals surface area contributed by atoms with Gasteiger partial charge in [-0.1, -0.05) is 35.9 Å². The van der Waals surface area contributed by atoms with Crippen LogP contribution in [0.4, 0.5) is 13.2 Å². The highest BCUT2D eigenvalue weighted by Gasteiger charge is 2.40. The van der Waals surface area contributed by atoms with Gasteiger partial charge in [-0.05, 0) is 60.4 Å². The van der Waals surface area contributed by atoms with Crippen molar-refractivity contribution in [3.63, 3.8) is 0 Å². The van der Waals surface area contributed by atoms with Crippen LogP contribution in [0.25, 0.3) is 0 Å². The molecule has 2 heterocycles. The lowest BCUT2D eigenvalue weighted by atomic mass is 10.1. The Morgan fingerprint density at radius 3 is 2.53 bits per heavy atom. The molecule has 6 nitrogen and oxygen atoms in total. The van der Waals surface area contributed by atoms with Crippen molar-refractivity contribution < 1.29 is 31.1 Å². The van der Waals surface area contributed by atoms with Gasteiger partial charge in [0.1, 0.15) is 22.6 Å². The standard InChI is InChI=1S/C24H22ClF3N2O4S2/c25-21-10-11-22(35-21)36(32,33)30-12-2-5-20(30)23(31)29-14-16-6-8-19(9-7-16)34-15-17-3-1-4-18(13-17)24(26,27)28/h1,3-4,6-11,13,20H,2,5,12,14-15H2,(H,29,31)/t20-/m0/s1. The highest BCUT2D eigenvalue weighted by atomic mass is 35.5. The maximum atomic E-state index is 12.9. The van der Waals surface area contributed by atoms with Crippen molar-refractivity contribution in [1.29, 1.82) is 0 Å². The first kappa shape index (κ1) is 26.5. The molecule has 12 heteroatoms. The number of hydrogen-bond donors (Lipinski definition) is 1. The first-order valence-electron chi connectivity index (χ1n) is 11.0. The number of thiophene rings is 1. The minimum atomic E-state index is -4.42. The number of nitrogens with zero attached hydrogens (tertiary/aromatic N) is 1. The summed E-state index contributed by atoms with van der Waals surface area (Å²) in [5.74, 6) is 0.0776. The second kappa shape index (κ2) is 10.8. The maximum Gasteiger partial charge on any atom is 0.416 e. The Hall–Kier alpha value is -2.60. The SMILES string of the molecule is O=C(NCc1ccc(OCc2cccc(C(F)(F)F)c2)cc1)[C@@H]1CCCN1S(=O)(=O)c1ccc(Cl)s1. The van der Waals surface area contributed by atoms with Crippen LogP contribution >= 0.6 is 22.9 Å². The monoisotopic (exact) mass is 558 g/mol. The zero-order valence-corrected chi connectivity index (χ0v) is 21.2. The van der Waals surface area contributed by atoms with Gasteiger partial charge in [-0.15, -0.1) is 11.3 Å². The Balaban J connectivity index is 1.32. The van der Waals surface area contributed by atoms with Crippen LogP contribution in [0.1, 0.15) is 29.5 Å². The van der Waals surface area contributed by atoms with E-state index in [1.165, 1.54) is 22.5 Å². The molecule has 1 aromatic heterocycles. The van der Waals surface area contributed by atoms with Crippen molar-refractivity contribution in [1.82, 2.24) is 9.62 Å². The molecule has 1 saturated heterocycles. The van der Waals surface area contributed by atoms with Crippen LogP contribution in [0.2, 0.25) is 4.34 Å². The van der Waals surface area contributed by atoms with Gasteiger partial charge in [-0.3, -0.25) is 4.79 Å². The molecule has 1 aliphatic heterocycles. The van der Waals surface area contributed by atoms with E-state index in [2.05, 4.69) is 5.32 Å². The third-order valence-corrected chi connectivity index (χ3v) is 9.27. The lowest BCUT2D eigenvalue weighted by molar-refractivity contribution is -0.137. The lowest BCUT2D eigenvalue weighted by Crippen LogP contribution is -2.45. The maximum absolute atomic E-state index is 12.9. The minimum absolute atomic E-state index is 0.0263. The van der Waals surface area contributed by atoms with Crippen molar-refractivity contribution >= 4 is 38.9 Å². The van der Waals surface area contributed by atoms with Crippen LogP contribution in [-0.4, -0.2) is 31.2 Å². The van der Waals surface area contributed by atoms with Crippen molar-refractivity contribution in [3.8, 4) is 5.75 Å². The molecule has 192 valence electrons. The molecular formula is C24H22ClF3N2O4S2. The van der Waals surface area contributed by atoms with Crippen LogP contribution in [0.5, 0.6) is 5.75 Å². The van der Waals surface area contributed by atoms with Crippen LogP contribution in [-0.2, 0) is 34.1 Å². The van der Waals surface area contributed by atoms with E-state index < -0.39 is 27.8 Å². The van der Waals surface area contributed by atoms with Gasteiger partial charge >= 0.3 is 6.18 Å². The lowest BCUT2D eigenvalue weighted by Gasteiger charge is -2.22. The number of alkyl halides is 3. The Bertz CT molecular complexity index is 1330. The van der Waals surface area contributed by atoms with Crippen LogP contribution in [0.3, 0.4) is 0 Å². The van der Waals surface area contributed by atoms with Gasteiger partial charge in [-0.25, -0.2) is 8.42 Å². The normalized spacial score (nSPS) is 16.7. The predicted octanol–water partition coefficient (Wildman–Crippen LogP) is 5.47. The van der Waals surface area contributed by atoms with Crippen LogP contribution in [0.15, 0.2) is 64.9 Å². The van der Waals surface area contributed by atoms with E-state index >= 15 is 0 Å². The summed E-state index contributed by atoms with van der Waals surface area (Å²) in [6.07, 6.45) is -3.42. The van der Waals surface area contributed by atoms with Gasteiger partial charge in [-0.2, -0.15) is 17.5 Å². The Morgan fingerprint density at radius 1 is 1.11 bits per heavy atom. The molecule has 0 spiro atoms. The summed E-state index contributed by atoms with van der Waals surface area (Å²) in [5, 5.41) is 2.78. The molecule has 0 radical (unpaired) electrons. The second-order valence-electron chi connectivity index (χ2n) is 8.18. The number of rotatable bonds is 8. The van der Waals surface area contributed by atoms with E-state index in [4.69, 9.17) is 16.3 Å². The summed E-state index contributed by atoms with van der Waals surface area (Å²) in [5.41, 5.74) is 0.414. The third-order valence-electron chi connectivity index (χ3n) is 5.67. The van der Waals surface area contributed by atoms with Gasteiger partial charge in [0.2, 0.25) is 5.91 Å². The number of hydrogen-bond acceptors (Lipinski definition) is 5. The molecule has 1 amide bonds. The van der Waals surface area contributed by atoms with Crippen molar-refractivity contribution in [2.45, 2.75) is 42.4 Å². The summed E-state index contributed by atoms with van der Waals surface area (Å²) in [6.45, 7) is 0.414. The predicted molar refractivity (Wildman–Crippen MR) is 130 cm³/mol. The number of halogens is 4. The molecule has 3 aromatic rings. The number of nitrogens with one attached hydrogen (secondary N) is 1. The highest BCUT2D eigenvalue weighted by molar-refractivity contribution is 7.91. The van der Waals surface area contributed by atoms with Gasteiger partial charge in [0.05, 0.1) is 9.90 Å². The van der Waals surface area contributed by atoms with Crippen molar-refractivity contribution in [3.05, 3.63) is 81.7 Å². The Morgan fingerprint density at radius 2 is 1.86 bits per heavy atom. The first-order valence-corrected chi connectivity index (χ1v) is 13.6. The van der Waals surface area contributed by atoms with Gasteiger partial charge in [0.15, 0.2) is 0 Å². The van der Waals surface area contributed by atoms with Crippen molar-refractivity contribution in [2.75, 3.05) is 6.54 Å². The molecule has 4 rings (SSSR count). The van der Waals surface area contributed by atoms with Crippen molar-refractivity contribution in [2.24, 2.45) is 0 Å². The van der Waals surface area contributed by atoms with Gasteiger partial charge in [0.25, 0.3) is 10.0 Å². The number of benzene rings is 2. The molecule has 1 atom stereocenters. The average molecular weight is 559 g/mol. The molecule has 2 aromatic carbocycles. The summed E-state index contributed by atoms with van der Waals surface area (Å²) in [6, 6.07) is 13.8. The zero-order chi connectivity index (χ0) is 25.9. The minimum Gasteiger partial charge on any atom is -0.489 e. The zero-order valence-electron chi connectivity index (χ0n) is 18.8. The fraction of sp³-hybridized carbons (Fsp3) is 0.292. The highest BCUT2D eigenvalue weighted by Crippen LogP contribution is 2.32. The molecule has 0 unspecified atom stereocenters. The van der Waals surface area contributed by atoms with E-state index in [-0.39, 0.29) is 29.8 Å². The molecule has 0 bridgehead atoms. The molecular weight excluding hydrogens is 537 g/mol. The van der Waals surface area contributed by atoms with E-state index in [0.29, 0.717) is 28.5 Å². The number of carbonyl (C=O) groups excluding carboxylic acids is 1. The smallest absolute Gasteiger partial charge is 0.416 e. The number of carbonyl (C=O) groups is 1. The van der Waals surface area contributed by atoms with E-state index in [1.54, 1.807) is 30.3 Å². The number of sulfonamides is 1. The fourth-order valence-electron chi connectivity index (χ4n) is 3.86. The van der Waals surface area contributed by atoms with Crippen LogP contribution in [0, 0.1) is 0 Å². The Labute approximate surface area is 215 Å². The molecule has 1 N–H and O–H groups in total. The van der Waals surface area contributed by atoms with E-state index in [9.17, 15) is 26.4 Å². The quantitative estimate of drug-likeness (QED) is 0.398. The number of ether oxygens (including phenoxy) is 1. The second-order valence-corrected chi connectivity index (χ2v) is 12.0. The third kappa shape index (κ3) is 6.20. The first-order chi connectivity index (χ1) is 17.0. The molecule has 1 aliphatic rings. The average Bonchev–Trinajstić information content (AvgIpc) is 3.52. The number of amides is 1. The fourth-order valence-corrected chi connectivity index (χ4v) is 7.12. The molecule has 0 saturated carbocycles. The van der Waals surface area contributed by atoms with Gasteiger partial charge < -0.3 is 10.1 Å². The topological polar surface area (TPSA) is 75.7 Å². The van der Waals surface area contributed by atoms with E-state index in [1.807, 2.05) is 0 Å². The van der Waals surface area contributed by atoms with Gasteiger partial charge in [0, 0.05) is 13.1 Å².